The minimum absolute atomic E-state index is 0.255. The van der Waals surface area contributed by atoms with Gasteiger partial charge in [0.2, 0.25) is 0 Å². The van der Waals surface area contributed by atoms with Gasteiger partial charge in [-0.25, -0.2) is 9.78 Å². The lowest BCUT2D eigenvalue weighted by atomic mass is 10.1. The van der Waals surface area contributed by atoms with Crippen molar-refractivity contribution in [3.05, 3.63) is 61.5 Å². The van der Waals surface area contributed by atoms with Gasteiger partial charge in [0.25, 0.3) is 5.56 Å². The molecule has 0 aliphatic rings. The van der Waals surface area contributed by atoms with Gasteiger partial charge >= 0.3 is 5.97 Å². The number of fused-ring (bicyclic) bond motifs is 1. The van der Waals surface area contributed by atoms with Crippen LogP contribution in [-0.2, 0) is 4.74 Å². The molecular weight excluding hydrogens is 336 g/mol. The SMILES string of the molecule is COC(=O)c1sc2nc(/C=C/c3cc(C)ccc3C)[nH]c(=O)c2c1C. The van der Waals surface area contributed by atoms with Crippen molar-refractivity contribution in [1.82, 2.24) is 9.97 Å². The van der Waals surface area contributed by atoms with Gasteiger partial charge in [0, 0.05) is 0 Å². The van der Waals surface area contributed by atoms with Gasteiger partial charge in [-0.15, -0.1) is 11.3 Å². The van der Waals surface area contributed by atoms with Crippen molar-refractivity contribution in [3.63, 3.8) is 0 Å². The number of aromatic amines is 1. The quantitative estimate of drug-likeness (QED) is 0.725. The first-order valence-corrected chi connectivity index (χ1v) is 8.59. The third-order valence-corrected chi connectivity index (χ3v) is 5.21. The van der Waals surface area contributed by atoms with E-state index in [-0.39, 0.29) is 5.56 Å². The molecule has 3 aromatic rings. The van der Waals surface area contributed by atoms with Crippen LogP contribution in [0.15, 0.2) is 23.0 Å². The Kier molecular flexibility index (Phi) is 4.55. The number of nitrogens with zero attached hydrogens (tertiary/aromatic N) is 1. The van der Waals surface area contributed by atoms with Gasteiger partial charge in [-0.05, 0) is 43.5 Å². The van der Waals surface area contributed by atoms with Crippen molar-refractivity contribution in [2.24, 2.45) is 0 Å². The smallest absolute Gasteiger partial charge is 0.348 e. The van der Waals surface area contributed by atoms with Crippen molar-refractivity contribution in [2.45, 2.75) is 20.8 Å². The summed E-state index contributed by atoms with van der Waals surface area (Å²) in [5, 5.41) is 0.439. The number of ether oxygens (including phenoxy) is 1. The lowest BCUT2D eigenvalue weighted by molar-refractivity contribution is 0.0605. The fourth-order valence-corrected chi connectivity index (χ4v) is 3.74. The molecule has 1 aromatic carbocycles. The Bertz CT molecular complexity index is 1060. The van der Waals surface area contributed by atoms with Crippen LogP contribution >= 0.6 is 11.3 Å². The normalized spacial score (nSPS) is 11.4. The molecule has 0 radical (unpaired) electrons. The third kappa shape index (κ3) is 3.25. The summed E-state index contributed by atoms with van der Waals surface area (Å²) in [5.41, 5.74) is 3.73. The van der Waals surface area contributed by atoms with Crippen molar-refractivity contribution in [1.29, 1.82) is 0 Å². The molecule has 2 heterocycles. The van der Waals surface area contributed by atoms with Crippen LogP contribution in [0.2, 0.25) is 0 Å². The Labute approximate surface area is 149 Å². The number of aryl methyl sites for hydroxylation is 3. The summed E-state index contributed by atoms with van der Waals surface area (Å²) in [6.07, 6.45) is 3.70. The molecule has 2 aromatic heterocycles. The van der Waals surface area contributed by atoms with E-state index in [2.05, 4.69) is 28.2 Å². The molecule has 0 unspecified atom stereocenters. The molecular formula is C19H18N2O3S. The average molecular weight is 354 g/mol. The molecule has 0 fully saturated rings. The number of H-pyrrole nitrogens is 1. The van der Waals surface area contributed by atoms with Crippen LogP contribution < -0.4 is 5.56 Å². The van der Waals surface area contributed by atoms with Crippen LogP contribution in [-0.4, -0.2) is 23.0 Å². The minimum Gasteiger partial charge on any atom is -0.465 e. The predicted octanol–water partition coefficient (Wildman–Crippen LogP) is 3.87. The first-order chi connectivity index (χ1) is 11.9. The second kappa shape index (κ2) is 6.64. The molecule has 0 saturated heterocycles. The predicted molar refractivity (Wildman–Crippen MR) is 101 cm³/mol. The standard InChI is InChI=1S/C19H18N2O3S/c1-10-5-6-11(2)13(9-10)7-8-14-20-17(22)15-12(3)16(19(23)24-4)25-18(15)21-14/h5-9H,1-4H3,(H,20,21,22)/b8-7+. The number of rotatable bonds is 3. The highest BCUT2D eigenvalue weighted by Gasteiger charge is 2.19. The Morgan fingerprint density at radius 2 is 2.00 bits per heavy atom. The van der Waals surface area contributed by atoms with Crippen LogP contribution in [0.5, 0.6) is 0 Å². The van der Waals surface area contributed by atoms with Crippen molar-refractivity contribution < 1.29 is 9.53 Å². The number of thiophene rings is 1. The fourth-order valence-electron chi connectivity index (χ4n) is 2.64. The summed E-state index contributed by atoms with van der Waals surface area (Å²) in [7, 11) is 1.32. The highest BCUT2D eigenvalue weighted by Crippen LogP contribution is 2.27. The van der Waals surface area contributed by atoms with E-state index in [1.54, 1.807) is 13.0 Å². The van der Waals surface area contributed by atoms with Gasteiger partial charge in [0.05, 0.1) is 12.5 Å². The minimum atomic E-state index is -0.452. The van der Waals surface area contributed by atoms with Gasteiger partial charge < -0.3 is 9.72 Å². The number of methoxy groups -OCH3 is 1. The summed E-state index contributed by atoms with van der Waals surface area (Å²) in [6.45, 7) is 5.79. The first kappa shape index (κ1) is 17.1. The molecule has 0 aliphatic carbocycles. The van der Waals surface area contributed by atoms with Crippen LogP contribution in [0.3, 0.4) is 0 Å². The second-order valence-corrected chi connectivity index (χ2v) is 6.87. The zero-order valence-corrected chi connectivity index (χ0v) is 15.3. The number of nitrogens with one attached hydrogen (secondary N) is 1. The molecule has 6 heteroatoms. The number of esters is 1. The van der Waals surface area contributed by atoms with Crippen molar-refractivity contribution >= 4 is 39.7 Å². The van der Waals surface area contributed by atoms with E-state index in [1.807, 2.05) is 19.9 Å². The zero-order valence-electron chi connectivity index (χ0n) is 14.5. The Hall–Kier alpha value is -2.73. The molecule has 0 saturated carbocycles. The Morgan fingerprint density at radius 1 is 1.24 bits per heavy atom. The highest BCUT2D eigenvalue weighted by molar-refractivity contribution is 7.20. The number of aromatic nitrogens is 2. The molecule has 3 rings (SSSR count). The van der Waals surface area contributed by atoms with Crippen molar-refractivity contribution in [2.75, 3.05) is 7.11 Å². The van der Waals surface area contributed by atoms with E-state index in [0.717, 1.165) is 11.1 Å². The Balaban J connectivity index is 2.06. The maximum atomic E-state index is 12.4. The van der Waals surface area contributed by atoms with Crippen LogP contribution in [0.25, 0.3) is 22.4 Å². The number of hydrogen-bond acceptors (Lipinski definition) is 5. The largest absolute Gasteiger partial charge is 0.465 e. The lowest BCUT2D eigenvalue weighted by Crippen LogP contribution is -2.09. The van der Waals surface area contributed by atoms with Crippen LogP contribution in [0.1, 0.15) is 37.7 Å². The van der Waals surface area contributed by atoms with E-state index in [0.29, 0.717) is 26.5 Å². The summed E-state index contributed by atoms with van der Waals surface area (Å²) in [4.78, 5) is 32.4. The van der Waals surface area contributed by atoms with Crippen LogP contribution in [0.4, 0.5) is 0 Å². The van der Waals surface area contributed by atoms with Gasteiger partial charge in [-0.2, -0.15) is 0 Å². The molecule has 0 spiro atoms. The monoisotopic (exact) mass is 354 g/mol. The molecule has 0 amide bonds. The molecule has 0 aliphatic heterocycles. The molecule has 25 heavy (non-hydrogen) atoms. The van der Waals surface area contributed by atoms with E-state index in [4.69, 9.17) is 4.74 Å². The number of hydrogen-bond donors (Lipinski definition) is 1. The summed E-state index contributed by atoms with van der Waals surface area (Å²) >= 11 is 1.17. The summed E-state index contributed by atoms with van der Waals surface area (Å²) in [6, 6.07) is 6.19. The second-order valence-electron chi connectivity index (χ2n) is 5.87. The van der Waals surface area contributed by atoms with E-state index in [1.165, 1.54) is 24.0 Å². The molecule has 1 N–H and O–H groups in total. The number of carbonyl (C=O) groups excluding carboxylic acids is 1. The third-order valence-electron chi connectivity index (χ3n) is 4.05. The van der Waals surface area contributed by atoms with Gasteiger partial charge in [-0.1, -0.05) is 29.8 Å². The molecule has 128 valence electrons. The molecule has 0 atom stereocenters. The van der Waals surface area contributed by atoms with E-state index >= 15 is 0 Å². The highest BCUT2D eigenvalue weighted by atomic mass is 32.1. The lowest BCUT2D eigenvalue weighted by Gasteiger charge is -2.01. The van der Waals surface area contributed by atoms with Gasteiger partial charge in [0.15, 0.2) is 0 Å². The molecule has 0 bridgehead atoms. The molecule has 5 nitrogen and oxygen atoms in total. The van der Waals surface area contributed by atoms with E-state index < -0.39 is 5.97 Å². The Morgan fingerprint density at radius 3 is 2.72 bits per heavy atom. The van der Waals surface area contributed by atoms with Gasteiger partial charge in [-0.3, -0.25) is 4.79 Å². The van der Waals surface area contributed by atoms with Crippen LogP contribution in [0, 0.1) is 20.8 Å². The maximum absolute atomic E-state index is 12.4. The first-order valence-electron chi connectivity index (χ1n) is 7.77. The van der Waals surface area contributed by atoms with Gasteiger partial charge in [0.1, 0.15) is 15.5 Å². The van der Waals surface area contributed by atoms with E-state index in [9.17, 15) is 9.59 Å². The number of carbonyl (C=O) groups is 1. The average Bonchev–Trinajstić information content (AvgIpc) is 2.92. The number of benzene rings is 1. The maximum Gasteiger partial charge on any atom is 0.348 e. The zero-order chi connectivity index (χ0) is 18.1. The topological polar surface area (TPSA) is 72.0 Å². The fraction of sp³-hybridized carbons (Fsp3) is 0.211. The summed E-state index contributed by atoms with van der Waals surface area (Å²) in [5.74, 6) is 0.00319. The summed E-state index contributed by atoms with van der Waals surface area (Å²) < 4.78 is 4.76. The van der Waals surface area contributed by atoms with Crippen molar-refractivity contribution in [3.8, 4) is 0 Å².